The molecule has 7 nitrogen and oxygen atoms in total. The minimum atomic E-state index is -1.36. The summed E-state index contributed by atoms with van der Waals surface area (Å²) in [5.41, 5.74) is -1.95. The standard InChI is InChI=1S/C9H12N2O5/c1-16-4-2-3-11-5-6(8(13)14)7(12)10-9(11)15/h5H,2-4H2,1H3,(H,13,14)(H,10,12,15). The lowest BCUT2D eigenvalue weighted by molar-refractivity contribution is 0.0693. The van der Waals surface area contributed by atoms with E-state index in [0.717, 1.165) is 10.8 Å². The van der Waals surface area contributed by atoms with Crippen LogP contribution in [0.5, 0.6) is 0 Å². The first-order valence-corrected chi connectivity index (χ1v) is 4.62. The van der Waals surface area contributed by atoms with Gasteiger partial charge in [-0.15, -0.1) is 0 Å². The van der Waals surface area contributed by atoms with Crippen molar-refractivity contribution in [1.29, 1.82) is 0 Å². The Morgan fingerprint density at radius 2 is 2.25 bits per heavy atom. The Kier molecular flexibility index (Phi) is 4.01. The van der Waals surface area contributed by atoms with Gasteiger partial charge in [0.1, 0.15) is 5.56 Å². The third-order valence-corrected chi connectivity index (χ3v) is 1.99. The normalized spacial score (nSPS) is 10.3. The predicted octanol–water partition coefficient (Wildman–Crippen LogP) is -0.729. The molecule has 0 amide bonds. The second-order valence-corrected chi connectivity index (χ2v) is 3.15. The van der Waals surface area contributed by atoms with Gasteiger partial charge in [-0.2, -0.15) is 0 Å². The van der Waals surface area contributed by atoms with E-state index in [-0.39, 0.29) is 0 Å². The molecule has 7 heteroatoms. The van der Waals surface area contributed by atoms with E-state index in [9.17, 15) is 14.4 Å². The molecule has 0 radical (unpaired) electrons. The third kappa shape index (κ3) is 2.80. The van der Waals surface area contributed by atoms with Crippen molar-refractivity contribution < 1.29 is 14.6 Å². The first-order valence-electron chi connectivity index (χ1n) is 4.62. The summed E-state index contributed by atoms with van der Waals surface area (Å²) < 4.78 is 5.94. The largest absolute Gasteiger partial charge is 0.477 e. The van der Waals surface area contributed by atoms with Gasteiger partial charge >= 0.3 is 11.7 Å². The second kappa shape index (κ2) is 5.26. The number of aromatic carboxylic acids is 1. The Balaban J connectivity index is 3.01. The van der Waals surface area contributed by atoms with Crippen molar-refractivity contribution in [2.75, 3.05) is 13.7 Å². The van der Waals surface area contributed by atoms with Crippen LogP contribution < -0.4 is 11.2 Å². The Morgan fingerprint density at radius 3 is 2.81 bits per heavy atom. The molecule has 0 bridgehead atoms. The van der Waals surface area contributed by atoms with Crippen LogP contribution in [0, 0.1) is 0 Å². The molecule has 0 fully saturated rings. The molecular formula is C9H12N2O5. The van der Waals surface area contributed by atoms with Gasteiger partial charge in [0.15, 0.2) is 0 Å². The van der Waals surface area contributed by atoms with Crippen molar-refractivity contribution in [3.8, 4) is 0 Å². The SMILES string of the molecule is COCCCn1cc(C(=O)O)c(=O)[nH]c1=O. The summed E-state index contributed by atoms with van der Waals surface area (Å²) >= 11 is 0. The van der Waals surface area contributed by atoms with Crippen molar-refractivity contribution in [2.45, 2.75) is 13.0 Å². The van der Waals surface area contributed by atoms with E-state index >= 15 is 0 Å². The van der Waals surface area contributed by atoms with Crippen LogP contribution in [0.15, 0.2) is 15.8 Å². The van der Waals surface area contributed by atoms with Gasteiger partial charge < -0.3 is 9.84 Å². The molecule has 1 heterocycles. The second-order valence-electron chi connectivity index (χ2n) is 3.15. The smallest absolute Gasteiger partial charge is 0.342 e. The number of aryl methyl sites for hydroxylation is 1. The van der Waals surface area contributed by atoms with Crippen LogP contribution in [-0.4, -0.2) is 34.3 Å². The monoisotopic (exact) mass is 228 g/mol. The number of aromatic nitrogens is 2. The number of aromatic amines is 1. The summed E-state index contributed by atoms with van der Waals surface area (Å²) in [5.74, 6) is -1.36. The molecule has 0 saturated heterocycles. The van der Waals surface area contributed by atoms with Gasteiger partial charge in [0, 0.05) is 26.5 Å². The highest BCUT2D eigenvalue weighted by atomic mass is 16.5. The Labute approximate surface area is 90.3 Å². The minimum Gasteiger partial charge on any atom is -0.477 e. The Bertz CT molecular complexity index is 487. The molecule has 0 saturated carbocycles. The molecule has 0 spiro atoms. The van der Waals surface area contributed by atoms with E-state index in [1.165, 1.54) is 7.11 Å². The fourth-order valence-corrected chi connectivity index (χ4v) is 1.21. The Hall–Kier alpha value is -1.89. The third-order valence-electron chi connectivity index (χ3n) is 1.99. The van der Waals surface area contributed by atoms with Gasteiger partial charge in [-0.3, -0.25) is 14.3 Å². The number of hydrogen-bond acceptors (Lipinski definition) is 4. The van der Waals surface area contributed by atoms with E-state index in [4.69, 9.17) is 9.84 Å². The molecule has 1 rings (SSSR count). The number of methoxy groups -OCH3 is 1. The molecule has 2 N–H and O–H groups in total. The number of hydrogen-bond donors (Lipinski definition) is 2. The Morgan fingerprint density at radius 1 is 1.56 bits per heavy atom. The van der Waals surface area contributed by atoms with Gasteiger partial charge in [0.05, 0.1) is 0 Å². The summed E-state index contributed by atoms with van der Waals surface area (Å²) in [4.78, 5) is 35.0. The lowest BCUT2D eigenvalue weighted by Crippen LogP contribution is -2.33. The van der Waals surface area contributed by atoms with Crippen LogP contribution in [-0.2, 0) is 11.3 Å². The summed E-state index contributed by atoms with van der Waals surface area (Å²) in [6.07, 6.45) is 1.60. The fourth-order valence-electron chi connectivity index (χ4n) is 1.21. The van der Waals surface area contributed by atoms with Gasteiger partial charge in [0.25, 0.3) is 5.56 Å². The molecular weight excluding hydrogens is 216 g/mol. The first-order chi connectivity index (χ1) is 7.56. The van der Waals surface area contributed by atoms with Gasteiger partial charge in [-0.05, 0) is 6.42 Å². The van der Waals surface area contributed by atoms with Crippen LogP contribution >= 0.6 is 0 Å². The number of nitrogens with one attached hydrogen (secondary N) is 1. The van der Waals surface area contributed by atoms with Gasteiger partial charge in [0.2, 0.25) is 0 Å². The maximum atomic E-state index is 11.3. The molecule has 0 unspecified atom stereocenters. The highest BCUT2D eigenvalue weighted by Crippen LogP contribution is 1.91. The molecule has 0 aliphatic rings. The highest BCUT2D eigenvalue weighted by molar-refractivity contribution is 5.86. The number of carbonyl (C=O) groups is 1. The molecule has 16 heavy (non-hydrogen) atoms. The maximum Gasteiger partial charge on any atom is 0.342 e. The number of ether oxygens (including phenoxy) is 1. The summed E-state index contributed by atoms with van der Waals surface area (Å²) in [7, 11) is 1.53. The van der Waals surface area contributed by atoms with Crippen molar-refractivity contribution in [2.24, 2.45) is 0 Å². The number of H-pyrrole nitrogens is 1. The quantitative estimate of drug-likeness (QED) is 0.647. The van der Waals surface area contributed by atoms with Crippen LogP contribution in [0.4, 0.5) is 0 Å². The zero-order valence-corrected chi connectivity index (χ0v) is 8.73. The van der Waals surface area contributed by atoms with Crippen LogP contribution in [0.3, 0.4) is 0 Å². The maximum absolute atomic E-state index is 11.3. The van der Waals surface area contributed by atoms with Crippen LogP contribution in [0.1, 0.15) is 16.8 Å². The topological polar surface area (TPSA) is 101 Å². The molecule has 0 aromatic carbocycles. The van der Waals surface area contributed by atoms with E-state index in [1.54, 1.807) is 0 Å². The molecule has 0 aliphatic carbocycles. The number of nitrogens with zero attached hydrogens (tertiary/aromatic N) is 1. The average Bonchev–Trinajstić information content (AvgIpc) is 2.21. The number of carboxylic acids is 1. The van der Waals surface area contributed by atoms with Gasteiger partial charge in [-0.1, -0.05) is 0 Å². The van der Waals surface area contributed by atoms with Crippen molar-refractivity contribution in [1.82, 2.24) is 9.55 Å². The lowest BCUT2D eigenvalue weighted by atomic mass is 10.3. The van der Waals surface area contributed by atoms with Gasteiger partial charge in [-0.25, -0.2) is 9.59 Å². The lowest BCUT2D eigenvalue weighted by Gasteiger charge is -2.04. The van der Waals surface area contributed by atoms with Crippen molar-refractivity contribution in [3.63, 3.8) is 0 Å². The summed E-state index contributed by atoms with van der Waals surface area (Å²) in [6.45, 7) is 0.748. The minimum absolute atomic E-state index is 0.295. The molecule has 1 aromatic rings. The molecule has 0 aliphatic heterocycles. The van der Waals surface area contributed by atoms with Crippen molar-refractivity contribution in [3.05, 3.63) is 32.6 Å². The van der Waals surface area contributed by atoms with E-state index in [0.29, 0.717) is 19.6 Å². The fraction of sp³-hybridized carbons (Fsp3) is 0.444. The zero-order chi connectivity index (χ0) is 12.1. The van der Waals surface area contributed by atoms with Crippen LogP contribution in [0.25, 0.3) is 0 Å². The highest BCUT2D eigenvalue weighted by Gasteiger charge is 2.10. The number of rotatable bonds is 5. The van der Waals surface area contributed by atoms with E-state index in [1.807, 2.05) is 4.98 Å². The molecule has 1 aromatic heterocycles. The van der Waals surface area contributed by atoms with E-state index in [2.05, 4.69) is 0 Å². The average molecular weight is 228 g/mol. The van der Waals surface area contributed by atoms with Crippen molar-refractivity contribution >= 4 is 5.97 Å². The predicted molar refractivity (Wildman–Crippen MR) is 54.8 cm³/mol. The molecule has 0 atom stereocenters. The zero-order valence-electron chi connectivity index (χ0n) is 8.73. The number of carboxylic acid groups (broad SMARTS) is 1. The summed E-state index contributed by atoms with van der Waals surface area (Å²) in [6, 6.07) is 0. The van der Waals surface area contributed by atoms with E-state index < -0.39 is 22.8 Å². The summed E-state index contributed by atoms with van der Waals surface area (Å²) in [5, 5.41) is 8.69. The first kappa shape index (κ1) is 12.2. The van der Waals surface area contributed by atoms with Crippen LogP contribution in [0.2, 0.25) is 0 Å². The molecule has 88 valence electrons.